The molecule has 0 aromatic carbocycles. The second-order valence-corrected chi connectivity index (χ2v) is 4.03. The first-order chi connectivity index (χ1) is 7.10. The molecule has 5 heteroatoms. The van der Waals surface area contributed by atoms with Gasteiger partial charge in [-0.3, -0.25) is 0 Å². The lowest BCUT2D eigenvalue weighted by atomic mass is 9.95. The Morgan fingerprint density at radius 2 is 2.40 bits per heavy atom. The van der Waals surface area contributed by atoms with E-state index < -0.39 is 5.95 Å². The van der Waals surface area contributed by atoms with Crippen molar-refractivity contribution in [1.29, 1.82) is 0 Å². The van der Waals surface area contributed by atoms with Gasteiger partial charge in [0, 0.05) is 12.7 Å². The third-order valence-corrected chi connectivity index (χ3v) is 2.93. The van der Waals surface area contributed by atoms with Crippen molar-refractivity contribution in [2.24, 2.45) is 0 Å². The molecule has 1 saturated heterocycles. The number of hydrogen-bond donors (Lipinski definition) is 1. The zero-order valence-corrected chi connectivity index (χ0v) is 8.83. The van der Waals surface area contributed by atoms with Crippen LogP contribution in [-0.4, -0.2) is 28.2 Å². The summed E-state index contributed by atoms with van der Waals surface area (Å²) in [6, 6.07) is 1.29. The Kier molecular flexibility index (Phi) is 2.56. The van der Waals surface area contributed by atoms with E-state index in [1.165, 1.54) is 12.4 Å². The number of ether oxygens (including phenoxy) is 1. The largest absolute Gasteiger partial charge is 0.376 e. The predicted octanol–water partition coefficient (Wildman–Crippen LogP) is 1.60. The number of anilines is 1. The molecule has 1 fully saturated rings. The van der Waals surface area contributed by atoms with Crippen LogP contribution < -0.4 is 5.32 Å². The van der Waals surface area contributed by atoms with Gasteiger partial charge in [0.2, 0.25) is 5.95 Å². The van der Waals surface area contributed by atoms with Crippen molar-refractivity contribution >= 4 is 5.82 Å². The molecule has 2 unspecified atom stereocenters. The Morgan fingerprint density at radius 3 is 3.00 bits per heavy atom. The van der Waals surface area contributed by atoms with E-state index in [4.69, 9.17) is 4.74 Å². The summed E-state index contributed by atoms with van der Waals surface area (Å²) in [4.78, 5) is 7.37. The van der Waals surface area contributed by atoms with Crippen LogP contribution in [0, 0.1) is 5.95 Å². The predicted molar refractivity (Wildman–Crippen MR) is 54.0 cm³/mol. The van der Waals surface area contributed by atoms with E-state index in [9.17, 15) is 4.39 Å². The van der Waals surface area contributed by atoms with Gasteiger partial charge < -0.3 is 10.1 Å². The molecule has 0 aliphatic carbocycles. The van der Waals surface area contributed by atoms with Gasteiger partial charge in [-0.1, -0.05) is 0 Å². The molecule has 82 valence electrons. The van der Waals surface area contributed by atoms with Crippen LogP contribution in [0.15, 0.2) is 12.4 Å². The Balaban J connectivity index is 2.14. The average molecular weight is 211 g/mol. The fourth-order valence-corrected chi connectivity index (χ4v) is 1.69. The van der Waals surface area contributed by atoms with E-state index in [-0.39, 0.29) is 11.6 Å². The fraction of sp³-hybridized carbons (Fsp3) is 0.600. The normalized spacial score (nSPS) is 30.5. The molecule has 0 amide bonds. The number of rotatable bonds is 2. The third kappa shape index (κ3) is 2.07. The standard InChI is InChI=1S/C10H14FN3O/c1-7-10(2,3-4-15-7)14-9-5-8(11)12-6-13-9/h5-7H,3-4H2,1-2H3,(H,12,13,14). The van der Waals surface area contributed by atoms with Crippen molar-refractivity contribution in [1.82, 2.24) is 9.97 Å². The van der Waals surface area contributed by atoms with Gasteiger partial charge in [0.15, 0.2) is 0 Å². The summed E-state index contributed by atoms with van der Waals surface area (Å²) in [6.45, 7) is 4.76. The molecule has 0 saturated carbocycles. The summed E-state index contributed by atoms with van der Waals surface area (Å²) >= 11 is 0. The fourth-order valence-electron chi connectivity index (χ4n) is 1.69. The molecular formula is C10H14FN3O. The molecule has 2 rings (SSSR count). The first-order valence-corrected chi connectivity index (χ1v) is 4.97. The lowest BCUT2D eigenvalue weighted by Gasteiger charge is -2.29. The number of aromatic nitrogens is 2. The Hall–Kier alpha value is -1.23. The maximum Gasteiger partial charge on any atom is 0.217 e. The van der Waals surface area contributed by atoms with Crippen LogP contribution in [0.4, 0.5) is 10.2 Å². The highest BCUT2D eigenvalue weighted by molar-refractivity contribution is 5.37. The second kappa shape index (κ2) is 3.73. The summed E-state index contributed by atoms with van der Waals surface area (Å²) in [5, 5.41) is 3.19. The third-order valence-electron chi connectivity index (χ3n) is 2.93. The van der Waals surface area contributed by atoms with Crippen LogP contribution in [0.25, 0.3) is 0 Å². The van der Waals surface area contributed by atoms with Crippen molar-refractivity contribution in [2.45, 2.75) is 31.9 Å². The summed E-state index contributed by atoms with van der Waals surface area (Å²) in [5.41, 5.74) is -0.180. The van der Waals surface area contributed by atoms with Crippen LogP contribution in [0.3, 0.4) is 0 Å². The van der Waals surface area contributed by atoms with Crippen molar-refractivity contribution in [2.75, 3.05) is 11.9 Å². The highest BCUT2D eigenvalue weighted by Gasteiger charge is 2.37. The molecule has 1 aromatic heterocycles. The Labute approximate surface area is 87.9 Å². The van der Waals surface area contributed by atoms with Gasteiger partial charge in [0.1, 0.15) is 12.1 Å². The first kappa shape index (κ1) is 10.3. The van der Waals surface area contributed by atoms with E-state index in [0.717, 1.165) is 13.0 Å². The van der Waals surface area contributed by atoms with E-state index in [1.807, 2.05) is 13.8 Å². The topological polar surface area (TPSA) is 47.0 Å². The first-order valence-electron chi connectivity index (χ1n) is 4.97. The van der Waals surface area contributed by atoms with Crippen molar-refractivity contribution in [3.63, 3.8) is 0 Å². The minimum absolute atomic E-state index is 0.0931. The number of halogens is 1. The zero-order chi connectivity index (χ0) is 10.9. The smallest absolute Gasteiger partial charge is 0.217 e. The van der Waals surface area contributed by atoms with E-state index in [2.05, 4.69) is 15.3 Å². The molecule has 0 bridgehead atoms. The Morgan fingerprint density at radius 1 is 1.60 bits per heavy atom. The molecular weight excluding hydrogens is 197 g/mol. The van der Waals surface area contributed by atoms with Crippen molar-refractivity contribution in [3.05, 3.63) is 18.3 Å². The van der Waals surface area contributed by atoms with Crippen LogP contribution >= 0.6 is 0 Å². The van der Waals surface area contributed by atoms with Crippen LogP contribution in [0.5, 0.6) is 0 Å². The van der Waals surface area contributed by atoms with Crippen molar-refractivity contribution in [3.8, 4) is 0 Å². The van der Waals surface area contributed by atoms with Gasteiger partial charge >= 0.3 is 0 Å². The monoisotopic (exact) mass is 211 g/mol. The molecule has 2 heterocycles. The maximum atomic E-state index is 12.8. The number of nitrogens with one attached hydrogen (secondary N) is 1. The van der Waals surface area contributed by atoms with Gasteiger partial charge in [-0.05, 0) is 20.3 Å². The highest BCUT2D eigenvalue weighted by Crippen LogP contribution is 2.28. The Bertz CT molecular complexity index is 360. The summed E-state index contributed by atoms with van der Waals surface area (Å²) in [5.74, 6) is -0.0231. The highest BCUT2D eigenvalue weighted by atomic mass is 19.1. The molecule has 0 radical (unpaired) electrons. The molecule has 1 aromatic rings. The maximum absolute atomic E-state index is 12.8. The lowest BCUT2D eigenvalue weighted by Crippen LogP contribution is -2.41. The molecule has 4 nitrogen and oxygen atoms in total. The van der Waals surface area contributed by atoms with E-state index in [1.54, 1.807) is 0 Å². The van der Waals surface area contributed by atoms with Crippen LogP contribution in [0.1, 0.15) is 20.3 Å². The molecule has 1 N–H and O–H groups in total. The van der Waals surface area contributed by atoms with E-state index in [0.29, 0.717) is 5.82 Å². The molecule has 0 spiro atoms. The number of nitrogens with zero attached hydrogens (tertiary/aromatic N) is 2. The van der Waals surface area contributed by atoms with Gasteiger partial charge in [0.25, 0.3) is 0 Å². The second-order valence-electron chi connectivity index (χ2n) is 4.03. The van der Waals surface area contributed by atoms with Crippen LogP contribution in [0.2, 0.25) is 0 Å². The van der Waals surface area contributed by atoms with Gasteiger partial charge in [-0.25, -0.2) is 9.97 Å². The molecule has 2 atom stereocenters. The van der Waals surface area contributed by atoms with Gasteiger partial charge in [-0.15, -0.1) is 0 Å². The average Bonchev–Trinajstić information content (AvgIpc) is 2.47. The lowest BCUT2D eigenvalue weighted by molar-refractivity contribution is 0.105. The summed E-state index contributed by atoms with van der Waals surface area (Å²) in [6.07, 6.45) is 2.19. The molecule has 15 heavy (non-hydrogen) atoms. The zero-order valence-electron chi connectivity index (χ0n) is 8.83. The van der Waals surface area contributed by atoms with Crippen LogP contribution in [-0.2, 0) is 4.74 Å². The van der Waals surface area contributed by atoms with Crippen molar-refractivity contribution < 1.29 is 9.13 Å². The summed E-state index contributed by atoms with van der Waals surface area (Å²) < 4.78 is 18.3. The molecule has 1 aliphatic rings. The number of hydrogen-bond acceptors (Lipinski definition) is 4. The van der Waals surface area contributed by atoms with E-state index >= 15 is 0 Å². The quantitative estimate of drug-likeness (QED) is 0.755. The SMILES string of the molecule is CC1OCCC1(C)Nc1cc(F)ncn1. The van der Waals surface area contributed by atoms with Gasteiger partial charge in [-0.2, -0.15) is 4.39 Å². The minimum Gasteiger partial charge on any atom is -0.376 e. The van der Waals surface area contributed by atoms with Gasteiger partial charge in [0.05, 0.1) is 11.6 Å². The minimum atomic E-state index is -0.525. The molecule has 1 aliphatic heterocycles. The summed E-state index contributed by atoms with van der Waals surface area (Å²) in [7, 11) is 0.